The van der Waals surface area contributed by atoms with E-state index in [1.54, 1.807) is 0 Å². The fourth-order valence-corrected chi connectivity index (χ4v) is 3.73. The van der Waals surface area contributed by atoms with Crippen LogP contribution in [0.3, 0.4) is 0 Å². The highest BCUT2D eigenvalue weighted by Crippen LogP contribution is 2.36. The summed E-state index contributed by atoms with van der Waals surface area (Å²) in [6.45, 7) is 1.77. The molecule has 0 saturated carbocycles. The molecule has 1 aromatic rings. The molecule has 0 amide bonds. The molecule has 0 unspecified atom stereocenters. The van der Waals surface area contributed by atoms with Crippen LogP contribution in [0.5, 0.6) is 5.75 Å². The van der Waals surface area contributed by atoms with Crippen LogP contribution in [0.2, 0.25) is 0 Å². The van der Waals surface area contributed by atoms with Crippen LogP contribution in [-0.4, -0.2) is 20.2 Å². The van der Waals surface area contributed by atoms with Gasteiger partial charge in [0, 0.05) is 4.47 Å². The van der Waals surface area contributed by atoms with Crippen molar-refractivity contribution in [2.24, 2.45) is 0 Å². The Morgan fingerprint density at radius 2 is 1.75 bits per heavy atom. The summed E-state index contributed by atoms with van der Waals surface area (Å²) in [5, 5.41) is 3.12. The fourth-order valence-electron chi connectivity index (χ4n) is 1.24. The topological polar surface area (TPSA) is 21.3 Å². The van der Waals surface area contributed by atoms with Crippen LogP contribution in [0, 0.1) is 0 Å². The Hall–Kier alpha value is 0.420. The maximum absolute atomic E-state index is 5.73. The molecule has 0 radical (unpaired) electrons. The Balaban J connectivity index is 2.47. The number of ether oxygens (including phenoxy) is 1. The van der Waals surface area contributed by atoms with Crippen LogP contribution in [-0.2, 0) is 0 Å². The molecule has 0 aliphatic carbocycles. The van der Waals surface area contributed by atoms with Gasteiger partial charge in [-0.05, 0) is 70.4 Å². The first-order valence-corrected chi connectivity index (χ1v) is 7.45. The van der Waals surface area contributed by atoms with Crippen molar-refractivity contribution in [2.45, 2.75) is 12.8 Å². The van der Waals surface area contributed by atoms with Gasteiger partial charge in [0.2, 0.25) is 0 Å². The summed E-state index contributed by atoms with van der Waals surface area (Å²) in [4.78, 5) is 0. The third-order valence-corrected chi connectivity index (χ3v) is 3.67. The van der Waals surface area contributed by atoms with E-state index < -0.39 is 0 Å². The molecule has 5 heteroatoms. The lowest BCUT2D eigenvalue weighted by atomic mass is 10.3. The van der Waals surface area contributed by atoms with Crippen molar-refractivity contribution in [2.75, 3.05) is 20.2 Å². The minimum absolute atomic E-state index is 0.737. The summed E-state index contributed by atoms with van der Waals surface area (Å²) in [6, 6.07) is 3.96. The zero-order chi connectivity index (χ0) is 12.0. The normalized spacial score (nSPS) is 10.5. The van der Waals surface area contributed by atoms with E-state index in [1.165, 1.54) is 0 Å². The average Bonchev–Trinajstić information content (AvgIpc) is 2.20. The van der Waals surface area contributed by atoms with E-state index in [9.17, 15) is 0 Å². The van der Waals surface area contributed by atoms with Crippen LogP contribution >= 0.6 is 47.8 Å². The highest BCUT2D eigenvalue weighted by atomic mass is 79.9. The van der Waals surface area contributed by atoms with Crippen LogP contribution in [0.4, 0.5) is 0 Å². The second kappa shape index (κ2) is 7.69. The lowest BCUT2D eigenvalue weighted by Gasteiger charge is -2.10. The van der Waals surface area contributed by atoms with Crippen molar-refractivity contribution in [3.8, 4) is 5.75 Å². The standard InChI is InChI=1S/C11H14Br3NO/c1-15-4-2-3-5-16-11-9(13)6-8(12)7-10(11)14/h6-7,15H,2-5H2,1H3. The van der Waals surface area contributed by atoms with Crippen LogP contribution in [0.1, 0.15) is 12.8 Å². The van der Waals surface area contributed by atoms with Crippen LogP contribution < -0.4 is 10.1 Å². The lowest BCUT2D eigenvalue weighted by molar-refractivity contribution is 0.303. The number of hydrogen-bond donors (Lipinski definition) is 1. The predicted molar refractivity (Wildman–Crippen MR) is 78.2 cm³/mol. The maximum atomic E-state index is 5.73. The Labute approximate surface area is 122 Å². The van der Waals surface area contributed by atoms with Crippen molar-refractivity contribution in [3.05, 3.63) is 25.6 Å². The summed E-state index contributed by atoms with van der Waals surface area (Å²) < 4.78 is 8.67. The molecule has 16 heavy (non-hydrogen) atoms. The molecule has 0 saturated heterocycles. The van der Waals surface area contributed by atoms with Crippen LogP contribution in [0.25, 0.3) is 0 Å². The molecule has 2 nitrogen and oxygen atoms in total. The molecule has 0 atom stereocenters. The summed E-state index contributed by atoms with van der Waals surface area (Å²) in [7, 11) is 1.96. The summed E-state index contributed by atoms with van der Waals surface area (Å²) in [6.07, 6.45) is 2.18. The lowest BCUT2D eigenvalue weighted by Crippen LogP contribution is -2.09. The van der Waals surface area contributed by atoms with Gasteiger partial charge < -0.3 is 10.1 Å². The molecule has 1 N–H and O–H groups in total. The number of nitrogens with one attached hydrogen (secondary N) is 1. The molecule has 1 aromatic carbocycles. The van der Waals surface area contributed by atoms with E-state index in [2.05, 4.69) is 53.1 Å². The van der Waals surface area contributed by atoms with Gasteiger partial charge >= 0.3 is 0 Å². The van der Waals surface area contributed by atoms with Gasteiger partial charge in [-0.2, -0.15) is 0 Å². The molecule has 0 aromatic heterocycles. The van der Waals surface area contributed by atoms with Crippen LogP contribution in [0.15, 0.2) is 25.6 Å². The predicted octanol–water partition coefficient (Wildman–Crippen LogP) is 4.35. The molecule has 0 aliphatic rings. The number of benzene rings is 1. The SMILES string of the molecule is CNCCCCOc1c(Br)cc(Br)cc1Br. The quantitative estimate of drug-likeness (QED) is 0.697. The minimum Gasteiger partial charge on any atom is -0.491 e. The zero-order valence-corrected chi connectivity index (χ0v) is 13.8. The van der Waals surface area contributed by atoms with Gasteiger partial charge in [0.05, 0.1) is 15.6 Å². The Morgan fingerprint density at radius 3 is 2.31 bits per heavy atom. The van der Waals surface area contributed by atoms with Gasteiger partial charge in [-0.3, -0.25) is 0 Å². The summed E-state index contributed by atoms with van der Waals surface area (Å²) in [5.41, 5.74) is 0. The van der Waals surface area contributed by atoms with Crippen molar-refractivity contribution in [1.29, 1.82) is 0 Å². The second-order valence-corrected chi connectivity index (χ2v) is 5.98. The van der Waals surface area contributed by atoms with Gasteiger partial charge in [0.1, 0.15) is 5.75 Å². The highest BCUT2D eigenvalue weighted by molar-refractivity contribution is 9.11. The molecule has 0 spiro atoms. The molecule has 0 fully saturated rings. The van der Waals surface area contributed by atoms with Gasteiger partial charge in [0.15, 0.2) is 0 Å². The van der Waals surface area contributed by atoms with E-state index in [1.807, 2.05) is 19.2 Å². The maximum Gasteiger partial charge on any atom is 0.147 e. The van der Waals surface area contributed by atoms with E-state index in [-0.39, 0.29) is 0 Å². The average molecular weight is 416 g/mol. The van der Waals surface area contributed by atoms with Crippen molar-refractivity contribution >= 4 is 47.8 Å². The Kier molecular flexibility index (Phi) is 6.96. The smallest absolute Gasteiger partial charge is 0.147 e. The van der Waals surface area contributed by atoms with Crippen molar-refractivity contribution in [1.82, 2.24) is 5.32 Å². The van der Waals surface area contributed by atoms with Gasteiger partial charge in [-0.25, -0.2) is 0 Å². The number of rotatable bonds is 6. The molecular weight excluding hydrogens is 402 g/mol. The molecule has 90 valence electrons. The third-order valence-electron chi connectivity index (χ3n) is 2.03. The van der Waals surface area contributed by atoms with E-state index in [4.69, 9.17) is 4.74 Å². The molecular formula is C11H14Br3NO. The highest BCUT2D eigenvalue weighted by Gasteiger charge is 2.07. The fraction of sp³-hybridized carbons (Fsp3) is 0.455. The Bertz CT molecular complexity index is 321. The third kappa shape index (κ3) is 4.73. The van der Waals surface area contributed by atoms with E-state index >= 15 is 0 Å². The number of halogens is 3. The number of hydrogen-bond acceptors (Lipinski definition) is 2. The molecule has 0 bridgehead atoms. The minimum atomic E-state index is 0.737. The van der Waals surface area contributed by atoms with Gasteiger partial charge in [-0.15, -0.1) is 0 Å². The first-order chi connectivity index (χ1) is 7.65. The van der Waals surface area contributed by atoms with Gasteiger partial charge in [0.25, 0.3) is 0 Å². The first-order valence-electron chi connectivity index (χ1n) is 5.07. The molecule has 0 aliphatic heterocycles. The molecule has 0 heterocycles. The van der Waals surface area contributed by atoms with Gasteiger partial charge in [-0.1, -0.05) is 15.9 Å². The monoisotopic (exact) mass is 413 g/mol. The zero-order valence-electron chi connectivity index (χ0n) is 9.03. The first kappa shape index (κ1) is 14.5. The molecule has 1 rings (SSSR count). The van der Waals surface area contributed by atoms with Crippen molar-refractivity contribution in [3.63, 3.8) is 0 Å². The summed E-state index contributed by atoms with van der Waals surface area (Å²) in [5.74, 6) is 0.868. The van der Waals surface area contributed by atoms with E-state index in [0.29, 0.717) is 0 Å². The van der Waals surface area contributed by atoms with E-state index in [0.717, 1.165) is 45.2 Å². The Morgan fingerprint density at radius 1 is 1.12 bits per heavy atom. The summed E-state index contributed by atoms with van der Waals surface area (Å²) >= 11 is 10.4. The number of unbranched alkanes of at least 4 members (excludes halogenated alkanes) is 1. The second-order valence-electron chi connectivity index (χ2n) is 3.36. The van der Waals surface area contributed by atoms with Crippen molar-refractivity contribution < 1.29 is 4.74 Å². The largest absolute Gasteiger partial charge is 0.491 e.